The highest BCUT2D eigenvalue weighted by Gasteiger charge is 2.43. The monoisotopic (exact) mass is 413 g/mol. The summed E-state index contributed by atoms with van der Waals surface area (Å²) >= 11 is 3.28. The third-order valence-corrected chi connectivity index (χ3v) is 4.10. The maximum Gasteiger partial charge on any atom is 0.413 e. The lowest BCUT2D eigenvalue weighted by atomic mass is 9.89. The maximum absolute atomic E-state index is 14.3. The smallest absolute Gasteiger partial charge is 0.413 e. The van der Waals surface area contributed by atoms with Crippen LogP contribution >= 0.6 is 15.9 Å². The Kier molecular flexibility index (Phi) is 5.22. The molecule has 2 amide bonds. The number of likely N-dealkylation sites (N-methyl/N-ethyl adjacent to an activating group) is 1. The van der Waals surface area contributed by atoms with Gasteiger partial charge < -0.3 is 9.64 Å². The normalized spacial score (nSPS) is 21.0. The number of amides is 2. The molecule has 25 heavy (non-hydrogen) atoms. The van der Waals surface area contributed by atoms with E-state index in [2.05, 4.69) is 26.2 Å². The van der Waals surface area contributed by atoms with Gasteiger partial charge in [0.2, 0.25) is 0 Å². The minimum absolute atomic E-state index is 0.100. The number of alkyl carbamates (subject to hydrolysis) is 1. The van der Waals surface area contributed by atoms with Gasteiger partial charge in [0.05, 0.1) is 6.54 Å². The van der Waals surface area contributed by atoms with Crippen LogP contribution in [0.1, 0.15) is 33.3 Å². The van der Waals surface area contributed by atoms with E-state index in [0.717, 1.165) is 0 Å². The molecular formula is C17H21BrFN3O3. The van der Waals surface area contributed by atoms with E-state index >= 15 is 0 Å². The van der Waals surface area contributed by atoms with Crippen LogP contribution < -0.4 is 5.32 Å². The fourth-order valence-corrected chi connectivity index (χ4v) is 2.92. The van der Waals surface area contributed by atoms with E-state index in [4.69, 9.17) is 4.74 Å². The molecule has 8 heteroatoms. The van der Waals surface area contributed by atoms with Gasteiger partial charge in [-0.05, 0) is 45.9 Å². The highest BCUT2D eigenvalue weighted by atomic mass is 79.9. The average Bonchev–Trinajstić information content (AvgIpc) is 2.45. The second-order valence-electron chi connectivity index (χ2n) is 7.04. The number of amidine groups is 1. The first kappa shape index (κ1) is 19.4. The van der Waals surface area contributed by atoms with Crippen LogP contribution in [0.4, 0.5) is 9.18 Å². The summed E-state index contributed by atoms with van der Waals surface area (Å²) in [7, 11) is 1.57. The number of benzene rings is 1. The van der Waals surface area contributed by atoms with Crippen molar-refractivity contribution in [2.75, 3.05) is 13.6 Å². The van der Waals surface area contributed by atoms with E-state index in [1.807, 2.05) is 0 Å². The molecule has 0 fully saturated rings. The van der Waals surface area contributed by atoms with Gasteiger partial charge >= 0.3 is 6.09 Å². The molecule has 1 unspecified atom stereocenters. The number of carbonyl (C=O) groups excluding carboxylic acids is 2. The highest BCUT2D eigenvalue weighted by molar-refractivity contribution is 9.10. The van der Waals surface area contributed by atoms with Gasteiger partial charge in [-0.15, -0.1) is 0 Å². The van der Waals surface area contributed by atoms with E-state index in [1.54, 1.807) is 33.9 Å². The number of hydrogen-bond acceptors (Lipinski definition) is 4. The van der Waals surface area contributed by atoms with Crippen LogP contribution in [0.25, 0.3) is 0 Å². The molecule has 0 aliphatic carbocycles. The molecule has 0 saturated heterocycles. The predicted octanol–water partition coefficient (Wildman–Crippen LogP) is 3.20. The quantitative estimate of drug-likeness (QED) is 0.768. The van der Waals surface area contributed by atoms with Crippen molar-refractivity contribution in [1.29, 1.82) is 0 Å². The summed E-state index contributed by atoms with van der Waals surface area (Å²) in [5.41, 5.74) is -2.02. The molecule has 0 radical (unpaired) electrons. The summed E-state index contributed by atoms with van der Waals surface area (Å²) in [6.45, 7) is 6.85. The minimum Gasteiger partial charge on any atom is -0.444 e. The van der Waals surface area contributed by atoms with E-state index < -0.39 is 23.1 Å². The van der Waals surface area contributed by atoms with Gasteiger partial charge in [-0.25, -0.2) is 14.2 Å². The van der Waals surface area contributed by atoms with Crippen molar-refractivity contribution in [3.8, 4) is 0 Å². The van der Waals surface area contributed by atoms with Crippen molar-refractivity contribution in [3.63, 3.8) is 0 Å². The number of aliphatic imine (C=N–C) groups is 1. The van der Waals surface area contributed by atoms with E-state index in [0.29, 0.717) is 4.47 Å². The third-order valence-electron chi connectivity index (χ3n) is 3.61. The molecule has 1 N–H and O–H groups in total. The van der Waals surface area contributed by atoms with Gasteiger partial charge in [0.15, 0.2) is 5.54 Å². The van der Waals surface area contributed by atoms with Crippen LogP contribution in [-0.4, -0.2) is 41.9 Å². The fraction of sp³-hybridized carbons (Fsp3) is 0.471. The fourth-order valence-electron chi connectivity index (χ4n) is 2.56. The number of rotatable bonds is 1. The lowest BCUT2D eigenvalue weighted by molar-refractivity contribution is -0.135. The first-order valence-electron chi connectivity index (χ1n) is 7.72. The van der Waals surface area contributed by atoms with Gasteiger partial charge in [-0.3, -0.25) is 10.1 Å². The molecule has 136 valence electrons. The van der Waals surface area contributed by atoms with Crippen LogP contribution in [0.15, 0.2) is 27.7 Å². The molecule has 0 aromatic heterocycles. The Hall–Kier alpha value is -1.96. The van der Waals surface area contributed by atoms with Crippen LogP contribution in [-0.2, 0) is 15.1 Å². The van der Waals surface area contributed by atoms with Gasteiger partial charge in [0.25, 0.3) is 5.91 Å². The number of hydrogen-bond donors (Lipinski definition) is 1. The second kappa shape index (κ2) is 6.74. The standard InChI is InChI=1S/C17H21BrFN3O3/c1-16(2,3)25-15(24)20-13-9-22(5)14(23)17(4,21-13)11-8-10(18)6-7-12(11)19/h6-8H,9H2,1-5H3,(H,20,21,24). The molecule has 1 aromatic rings. The summed E-state index contributed by atoms with van der Waals surface area (Å²) in [5.74, 6) is -0.674. The number of halogens is 2. The van der Waals surface area contributed by atoms with Gasteiger partial charge in [-0.2, -0.15) is 0 Å². The van der Waals surface area contributed by atoms with Crippen molar-refractivity contribution in [1.82, 2.24) is 10.2 Å². The molecule has 2 rings (SSSR count). The Morgan fingerprint density at radius 2 is 2.08 bits per heavy atom. The van der Waals surface area contributed by atoms with E-state index in [-0.39, 0.29) is 23.9 Å². The topological polar surface area (TPSA) is 71.0 Å². The molecule has 1 aliphatic rings. The summed E-state index contributed by atoms with van der Waals surface area (Å²) in [4.78, 5) is 30.4. The van der Waals surface area contributed by atoms with Crippen LogP contribution in [0.5, 0.6) is 0 Å². The minimum atomic E-state index is -1.48. The SMILES string of the molecule is CN1CC(NC(=O)OC(C)(C)C)=NC(C)(c2cc(Br)ccc2F)C1=O. The Balaban J connectivity index is 2.40. The number of nitrogens with zero attached hydrogens (tertiary/aromatic N) is 2. The number of nitrogens with one attached hydrogen (secondary N) is 1. The summed E-state index contributed by atoms with van der Waals surface area (Å²) in [6.07, 6.45) is -0.675. The van der Waals surface area contributed by atoms with Gasteiger partial charge in [0.1, 0.15) is 17.3 Å². The molecular weight excluding hydrogens is 393 g/mol. The molecule has 0 saturated carbocycles. The van der Waals surface area contributed by atoms with Crippen molar-refractivity contribution < 1.29 is 18.7 Å². The Morgan fingerprint density at radius 3 is 2.68 bits per heavy atom. The molecule has 1 aliphatic heterocycles. The van der Waals surface area contributed by atoms with Gasteiger partial charge in [-0.1, -0.05) is 15.9 Å². The van der Waals surface area contributed by atoms with Gasteiger partial charge in [0, 0.05) is 17.1 Å². The zero-order chi connectivity index (χ0) is 19.0. The van der Waals surface area contributed by atoms with Crippen molar-refractivity contribution in [3.05, 3.63) is 34.1 Å². The predicted molar refractivity (Wildman–Crippen MR) is 95.9 cm³/mol. The zero-order valence-corrected chi connectivity index (χ0v) is 16.4. The lowest BCUT2D eigenvalue weighted by Gasteiger charge is -2.35. The largest absolute Gasteiger partial charge is 0.444 e. The lowest BCUT2D eigenvalue weighted by Crippen LogP contribution is -2.53. The van der Waals surface area contributed by atoms with Crippen LogP contribution in [0.2, 0.25) is 0 Å². The van der Waals surface area contributed by atoms with E-state index in [1.165, 1.54) is 24.0 Å². The molecule has 1 aromatic carbocycles. The summed E-state index contributed by atoms with van der Waals surface area (Å²) < 4.78 is 20.2. The van der Waals surface area contributed by atoms with Crippen molar-refractivity contribution in [2.45, 2.75) is 38.8 Å². The molecule has 0 spiro atoms. The Bertz CT molecular complexity index is 745. The zero-order valence-electron chi connectivity index (χ0n) is 14.8. The molecule has 1 heterocycles. The maximum atomic E-state index is 14.3. The Labute approximate surface area is 154 Å². The molecule has 1 atom stereocenters. The number of ether oxygens (including phenoxy) is 1. The van der Waals surface area contributed by atoms with Crippen molar-refractivity contribution in [2.24, 2.45) is 4.99 Å². The molecule has 6 nitrogen and oxygen atoms in total. The number of carbonyl (C=O) groups is 2. The summed E-state index contributed by atoms with van der Waals surface area (Å²) in [6, 6.07) is 4.33. The molecule has 0 bridgehead atoms. The first-order valence-corrected chi connectivity index (χ1v) is 8.51. The first-order chi connectivity index (χ1) is 11.4. The van der Waals surface area contributed by atoms with Crippen LogP contribution in [0.3, 0.4) is 0 Å². The Morgan fingerprint density at radius 1 is 1.44 bits per heavy atom. The highest BCUT2D eigenvalue weighted by Crippen LogP contribution is 2.33. The average molecular weight is 414 g/mol. The van der Waals surface area contributed by atoms with E-state index in [9.17, 15) is 14.0 Å². The second-order valence-corrected chi connectivity index (χ2v) is 7.96. The third kappa shape index (κ3) is 4.36. The van der Waals surface area contributed by atoms with Crippen LogP contribution in [0, 0.1) is 5.82 Å². The summed E-state index contributed by atoms with van der Waals surface area (Å²) in [5, 5.41) is 2.55. The van der Waals surface area contributed by atoms with Crippen molar-refractivity contribution >= 4 is 33.8 Å².